The summed E-state index contributed by atoms with van der Waals surface area (Å²) in [5, 5.41) is 0. The van der Waals surface area contributed by atoms with Gasteiger partial charge in [0, 0.05) is 12.1 Å². The normalized spacial score (nSPS) is 39.0. The van der Waals surface area contributed by atoms with Crippen LogP contribution < -0.4 is 0 Å². The molecular weight excluding hydrogens is 110 g/mol. The number of rotatable bonds is 0. The fourth-order valence-electron chi connectivity index (χ4n) is 1.55. The molecule has 0 amide bonds. The van der Waals surface area contributed by atoms with Crippen molar-refractivity contribution in [1.82, 2.24) is 4.90 Å². The van der Waals surface area contributed by atoms with Gasteiger partial charge in [-0.1, -0.05) is 6.42 Å². The van der Waals surface area contributed by atoms with Crippen LogP contribution in [-0.4, -0.2) is 24.0 Å². The Bertz CT molecular complexity index is 80.6. The molecule has 1 fully saturated rings. The van der Waals surface area contributed by atoms with Crippen molar-refractivity contribution in [1.29, 1.82) is 0 Å². The van der Waals surface area contributed by atoms with Crippen molar-refractivity contribution in [2.45, 2.75) is 45.2 Å². The number of nitrogens with zero attached hydrogens (tertiary/aromatic N) is 1. The van der Waals surface area contributed by atoms with Crippen molar-refractivity contribution in [2.24, 2.45) is 0 Å². The second-order valence-electron chi connectivity index (χ2n) is 3.29. The minimum absolute atomic E-state index is 0.814. The zero-order valence-electron chi connectivity index (χ0n) is 6.72. The predicted molar refractivity (Wildman–Crippen MR) is 40.5 cm³/mol. The molecule has 0 aromatic heterocycles. The highest BCUT2D eigenvalue weighted by molar-refractivity contribution is 4.75. The molecule has 0 aromatic carbocycles. The fourth-order valence-corrected chi connectivity index (χ4v) is 1.55. The van der Waals surface area contributed by atoms with E-state index in [1.165, 1.54) is 19.3 Å². The summed E-state index contributed by atoms with van der Waals surface area (Å²) in [5.74, 6) is 0. The van der Waals surface area contributed by atoms with E-state index in [0.717, 1.165) is 12.1 Å². The van der Waals surface area contributed by atoms with Crippen molar-refractivity contribution < 1.29 is 0 Å². The molecule has 1 unspecified atom stereocenters. The lowest BCUT2D eigenvalue weighted by molar-refractivity contribution is 0.138. The third-order valence-electron chi connectivity index (χ3n) is 2.63. The van der Waals surface area contributed by atoms with Crippen LogP contribution in [-0.2, 0) is 0 Å². The highest BCUT2D eigenvalue weighted by atomic mass is 15.2. The molecule has 1 aliphatic rings. The van der Waals surface area contributed by atoms with Gasteiger partial charge < -0.3 is 4.90 Å². The first-order chi connectivity index (χ1) is 4.22. The Morgan fingerprint density at radius 2 is 1.56 bits per heavy atom. The maximum atomic E-state index is 2.48. The van der Waals surface area contributed by atoms with Gasteiger partial charge in [-0.2, -0.15) is 0 Å². The van der Waals surface area contributed by atoms with Crippen LogP contribution in [0.4, 0.5) is 0 Å². The van der Waals surface area contributed by atoms with Crippen LogP contribution >= 0.6 is 0 Å². The highest BCUT2D eigenvalue weighted by Gasteiger charge is 2.19. The lowest BCUT2D eigenvalue weighted by Gasteiger charge is -2.35. The van der Waals surface area contributed by atoms with Crippen molar-refractivity contribution in [3.8, 4) is 0 Å². The van der Waals surface area contributed by atoms with E-state index in [2.05, 4.69) is 25.8 Å². The summed E-state index contributed by atoms with van der Waals surface area (Å²) in [6.45, 7) is 4.63. The highest BCUT2D eigenvalue weighted by Crippen LogP contribution is 2.19. The van der Waals surface area contributed by atoms with E-state index in [9.17, 15) is 0 Å². The van der Waals surface area contributed by atoms with Crippen LogP contribution in [0.2, 0.25) is 0 Å². The molecule has 9 heavy (non-hydrogen) atoms. The van der Waals surface area contributed by atoms with Gasteiger partial charge in [0.25, 0.3) is 0 Å². The first-order valence-corrected chi connectivity index (χ1v) is 3.93. The van der Waals surface area contributed by atoms with E-state index in [1.807, 2.05) is 0 Å². The quantitative estimate of drug-likeness (QED) is 0.480. The second kappa shape index (κ2) is 2.70. The zero-order chi connectivity index (χ0) is 6.85. The van der Waals surface area contributed by atoms with Gasteiger partial charge in [0.05, 0.1) is 0 Å². The maximum Gasteiger partial charge on any atom is 0.00667 e. The van der Waals surface area contributed by atoms with E-state index in [1.54, 1.807) is 0 Å². The van der Waals surface area contributed by atoms with Crippen LogP contribution in [0, 0.1) is 0 Å². The third-order valence-corrected chi connectivity index (χ3v) is 2.63. The molecule has 1 aliphatic heterocycles. The first-order valence-electron chi connectivity index (χ1n) is 3.93. The summed E-state index contributed by atoms with van der Waals surface area (Å²) in [6.07, 6.45) is 4.20. The van der Waals surface area contributed by atoms with E-state index < -0.39 is 0 Å². The molecule has 1 rings (SSSR count). The molecule has 0 N–H and O–H groups in total. The second-order valence-corrected chi connectivity index (χ2v) is 3.29. The number of piperidine rings is 1. The molecule has 1 nitrogen and oxygen atoms in total. The Morgan fingerprint density at radius 3 is 1.89 bits per heavy atom. The molecule has 0 aliphatic carbocycles. The Balaban J connectivity index is 2.41. The van der Waals surface area contributed by atoms with Gasteiger partial charge in [-0.25, -0.2) is 0 Å². The van der Waals surface area contributed by atoms with Gasteiger partial charge in [0.2, 0.25) is 0 Å². The summed E-state index contributed by atoms with van der Waals surface area (Å²) >= 11 is 0. The molecular formula is C8H17N. The molecule has 1 heteroatoms. The first kappa shape index (κ1) is 7.07. The topological polar surface area (TPSA) is 3.24 Å². The maximum absolute atomic E-state index is 2.48. The van der Waals surface area contributed by atoms with Gasteiger partial charge in [-0.05, 0) is 33.7 Å². The molecule has 0 bridgehead atoms. The Kier molecular flexibility index (Phi) is 2.12. The third kappa shape index (κ3) is 1.45. The summed E-state index contributed by atoms with van der Waals surface area (Å²) < 4.78 is 0. The van der Waals surface area contributed by atoms with Crippen LogP contribution in [0.3, 0.4) is 0 Å². The molecule has 1 heterocycles. The van der Waals surface area contributed by atoms with Crippen molar-refractivity contribution in [2.75, 3.05) is 7.05 Å². The van der Waals surface area contributed by atoms with E-state index in [-0.39, 0.29) is 0 Å². The molecule has 0 saturated carbocycles. The van der Waals surface area contributed by atoms with E-state index in [0.29, 0.717) is 0 Å². The molecule has 0 aromatic rings. The lowest BCUT2D eigenvalue weighted by atomic mass is 9.99. The molecule has 54 valence electrons. The van der Waals surface area contributed by atoms with Gasteiger partial charge in [0.1, 0.15) is 0 Å². The standard InChI is InChI=1S/C8H17N/c1-7-5-4-6-8(2)9(7)3/h7-8H,4-6H2,1-3H3/t7-,8?/m1/s1. The average molecular weight is 127 g/mol. The average Bonchev–Trinajstić information content (AvgIpc) is 1.83. The van der Waals surface area contributed by atoms with Gasteiger partial charge in [-0.3, -0.25) is 0 Å². The number of hydrogen-bond acceptors (Lipinski definition) is 1. The summed E-state index contributed by atoms with van der Waals surface area (Å²) in [7, 11) is 2.23. The minimum atomic E-state index is 0.814. The van der Waals surface area contributed by atoms with Crippen molar-refractivity contribution in [3.63, 3.8) is 0 Å². The van der Waals surface area contributed by atoms with Gasteiger partial charge >= 0.3 is 0 Å². The Morgan fingerprint density at radius 1 is 1.11 bits per heavy atom. The minimum Gasteiger partial charge on any atom is -0.301 e. The molecule has 0 spiro atoms. The summed E-state index contributed by atoms with van der Waals surface area (Å²) in [4.78, 5) is 2.48. The van der Waals surface area contributed by atoms with E-state index >= 15 is 0 Å². The van der Waals surface area contributed by atoms with Crippen LogP contribution in [0.15, 0.2) is 0 Å². The van der Waals surface area contributed by atoms with Gasteiger partial charge in [-0.15, -0.1) is 0 Å². The monoisotopic (exact) mass is 127 g/mol. The van der Waals surface area contributed by atoms with Crippen LogP contribution in [0.25, 0.3) is 0 Å². The number of hydrogen-bond donors (Lipinski definition) is 0. The molecule has 2 atom stereocenters. The number of likely N-dealkylation sites (tertiary alicyclic amines) is 1. The summed E-state index contributed by atoms with van der Waals surface area (Å²) in [5.41, 5.74) is 0. The van der Waals surface area contributed by atoms with Crippen molar-refractivity contribution in [3.05, 3.63) is 0 Å². The SMILES string of the molecule is CC1CCC[C@@H](C)N1C. The fraction of sp³-hybridized carbons (Fsp3) is 1.00. The van der Waals surface area contributed by atoms with Crippen LogP contribution in [0.1, 0.15) is 33.1 Å². The Hall–Kier alpha value is -0.0400. The molecule has 1 saturated heterocycles. The zero-order valence-corrected chi connectivity index (χ0v) is 6.72. The van der Waals surface area contributed by atoms with Crippen molar-refractivity contribution >= 4 is 0 Å². The predicted octanol–water partition coefficient (Wildman–Crippen LogP) is 1.88. The molecule has 0 radical (unpaired) electrons. The lowest BCUT2D eigenvalue weighted by Crippen LogP contribution is -2.40. The van der Waals surface area contributed by atoms with Gasteiger partial charge in [0.15, 0.2) is 0 Å². The smallest absolute Gasteiger partial charge is 0.00667 e. The van der Waals surface area contributed by atoms with E-state index in [4.69, 9.17) is 0 Å². The largest absolute Gasteiger partial charge is 0.301 e. The summed E-state index contributed by atoms with van der Waals surface area (Å²) in [6, 6.07) is 1.63. The Labute approximate surface area is 58.0 Å². The van der Waals surface area contributed by atoms with Crippen LogP contribution in [0.5, 0.6) is 0 Å².